The lowest BCUT2D eigenvalue weighted by molar-refractivity contribution is 0.619. The topological polar surface area (TPSA) is 41.8 Å². The average molecular weight is 286 g/mol. The van der Waals surface area contributed by atoms with Crippen LogP contribution in [-0.2, 0) is 0 Å². The Balaban J connectivity index is 1.98. The van der Waals surface area contributed by atoms with E-state index < -0.39 is 0 Å². The first kappa shape index (κ1) is 13.2. The van der Waals surface area contributed by atoms with Gasteiger partial charge in [0.2, 0.25) is 0 Å². The zero-order valence-electron chi connectivity index (χ0n) is 11.1. The lowest BCUT2D eigenvalue weighted by Gasteiger charge is -2.11. The van der Waals surface area contributed by atoms with Gasteiger partial charge >= 0.3 is 0 Å². The Bertz CT molecular complexity index is 716. The third-order valence-corrected chi connectivity index (χ3v) is 4.22. The maximum absolute atomic E-state index is 13.3. The molecule has 20 heavy (non-hydrogen) atoms. The number of fused-ring (bicyclic) bond motifs is 1. The lowest BCUT2D eigenvalue weighted by Crippen LogP contribution is -2.06. The van der Waals surface area contributed by atoms with Gasteiger partial charge in [0.15, 0.2) is 0 Å². The van der Waals surface area contributed by atoms with Gasteiger partial charge in [-0.05, 0) is 42.8 Å². The van der Waals surface area contributed by atoms with E-state index in [-0.39, 0.29) is 11.9 Å². The van der Waals surface area contributed by atoms with Crippen LogP contribution in [0.2, 0.25) is 0 Å². The van der Waals surface area contributed by atoms with E-state index >= 15 is 0 Å². The number of para-hydroxylation sites is 1. The van der Waals surface area contributed by atoms with Crippen LogP contribution in [0.1, 0.15) is 18.5 Å². The fourth-order valence-corrected chi connectivity index (χ4v) is 3.27. The van der Waals surface area contributed by atoms with Crippen molar-refractivity contribution < 1.29 is 4.39 Å². The molecule has 0 spiro atoms. The van der Waals surface area contributed by atoms with Gasteiger partial charge in [-0.1, -0.05) is 30.0 Å². The van der Waals surface area contributed by atoms with Gasteiger partial charge in [0.1, 0.15) is 5.82 Å². The summed E-state index contributed by atoms with van der Waals surface area (Å²) in [5.41, 5.74) is 7.85. The third kappa shape index (κ3) is 2.57. The molecule has 102 valence electrons. The molecule has 0 amide bonds. The summed E-state index contributed by atoms with van der Waals surface area (Å²) in [6.07, 6.45) is 0. The molecule has 1 aromatic heterocycles. The number of hydrogen-bond donors (Lipinski definition) is 2. The van der Waals surface area contributed by atoms with E-state index in [0.29, 0.717) is 0 Å². The molecule has 1 heterocycles. The number of halogens is 1. The third-order valence-electron chi connectivity index (χ3n) is 3.19. The molecule has 3 aromatic rings. The van der Waals surface area contributed by atoms with E-state index in [4.69, 9.17) is 5.73 Å². The monoisotopic (exact) mass is 286 g/mol. The molecule has 3 rings (SSSR count). The lowest BCUT2D eigenvalue weighted by atomic mass is 10.1. The van der Waals surface area contributed by atoms with Crippen molar-refractivity contribution in [3.63, 3.8) is 0 Å². The Morgan fingerprint density at radius 1 is 1.15 bits per heavy atom. The van der Waals surface area contributed by atoms with Gasteiger partial charge in [0.25, 0.3) is 0 Å². The Labute approximate surface area is 121 Å². The number of H-pyrrole nitrogens is 1. The average Bonchev–Trinajstić information content (AvgIpc) is 2.82. The summed E-state index contributed by atoms with van der Waals surface area (Å²) in [4.78, 5) is 4.33. The van der Waals surface area contributed by atoms with Crippen LogP contribution in [0.5, 0.6) is 0 Å². The van der Waals surface area contributed by atoms with E-state index in [2.05, 4.69) is 17.1 Å². The van der Waals surface area contributed by atoms with Gasteiger partial charge in [0, 0.05) is 21.8 Å². The maximum atomic E-state index is 13.3. The molecule has 0 saturated carbocycles. The molecule has 3 N–H and O–H groups in total. The van der Waals surface area contributed by atoms with Crippen LogP contribution in [0.25, 0.3) is 10.9 Å². The standard InChI is InChI=1S/C16H15FN2S/c1-10(18)13-9-12(17)6-7-15(13)20-16-8-11-4-2-3-5-14(11)19-16/h2-10,19H,18H2,1H3/t10-/m0/s1. The first-order valence-electron chi connectivity index (χ1n) is 6.44. The maximum Gasteiger partial charge on any atom is 0.123 e. The number of aromatic nitrogens is 1. The van der Waals surface area contributed by atoms with E-state index in [0.717, 1.165) is 21.0 Å². The highest BCUT2D eigenvalue weighted by atomic mass is 32.2. The minimum Gasteiger partial charge on any atom is -0.349 e. The van der Waals surface area contributed by atoms with Gasteiger partial charge in [-0.15, -0.1) is 0 Å². The molecule has 0 aliphatic carbocycles. The second-order valence-electron chi connectivity index (χ2n) is 4.79. The van der Waals surface area contributed by atoms with Crippen molar-refractivity contribution >= 4 is 22.7 Å². The first-order valence-corrected chi connectivity index (χ1v) is 7.26. The molecular formula is C16H15FN2S. The van der Waals surface area contributed by atoms with Crippen LogP contribution < -0.4 is 5.73 Å². The second-order valence-corrected chi connectivity index (χ2v) is 5.88. The van der Waals surface area contributed by atoms with Crippen LogP contribution >= 0.6 is 11.8 Å². The molecule has 0 unspecified atom stereocenters. The summed E-state index contributed by atoms with van der Waals surface area (Å²) < 4.78 is 13.3. The molecular weight excluding hydrogens is 271 g/mol. The predicted octanol–water partition coefficient (Wildman–Crippen LogP) is 4.48. The Morgan fingerprint density at radius 2 is 1.95 bits per heavy atom. The number of nitrogens with two attached hydrogens (primary N) is 1. The van der Waals surface area contributed by atoms with Gasteiger partial charge in [-0.2, -0.15) is 0 Å². The van der Waals surface area contributed by atoms with Crippen LogP contribution in [0.3, 0.4) is 0 Å². The van der Waals surface area contributed by atoms with Gasteiger partial charge in [0.05, 0.1) is 5.03 Å². The molecule has 0 fully saturated rings. The fraction of sp³-hybridized carbons (Fsp3) is 0.125. The zero-order chi connectivity index (χ0) is 14.1. The van der Waals surface area contributed by atoms with Crippen molar-refractivity contribution in [3.05, 3.63) is 59.9 Å². The highest BCUT2D eigenvalue weighted by Gasteiger charge is 2.11. The molecule has 1 atom stereocenters. The van der Waals surface area contributed by atoms with Gasteiger partial charge < -0.3 is 10.7 Å². The first-order chi connectivity index (χ1) is 9.63. The fourth-order valence-electron chi connectivity index (χ4n) is 2.19. The molecule has 0 radical (unpaired) electrons. The summed E-state index contributed by atoms with van der Waals surface area (Å²) in [6, 6.07) is 14.8. The number of rotatable bonds is 3. The SMILES string of the molecule is C[C@H](N)c1cc(F)ccc1Sc1cc2ccccc2[nH]1. The highest BCUT2D eigenvalue weighted by molar-refractivity contribution is 7.99. The van der Waals surface area contributed by atoms with E-state index in [1.165, 1.54) is 17.5 Å². The van der Waals surface area contributed by atoms with Crippen molar-refractivity contribution in [1.82, 2.24) is 4.98 Å². The van der Waals surface area contributed by atoms with Crippen LogP contribution in [0, 0.1) is 5.82 Å². The minimum atomic E-state index is -0.252. The van der Waals surface area contributed by atoms with E-state index in [1.54, 1.807) is 17.8 Å². The highest BCUT2D eigenvalue weighted by Crippen LogP contribution is 2.34. The quantitative estimate of drug-likeness (QED) is 0.745. The molecule has 4 heteroatoms. The number of hydrogen-bond acceptors (Lipinski definition) is 2. The molecule has 0 aliphatic heterocycles. The number of nitrogens with one attached hydrogen (secondary N) is 1. The van der Waals surface area contributed by atoms with Gasteiger partial charge in [-0.3, -0.25) is 0 Å². The minimum absolute atomic E-state index is 0.197. The molecule has 0 saturated heterocycles. The largest absolute Gasteiger partial charge is 0.349 e. The zero-order valence-corrected chi connectivity index (χ0v) is 11.9. The molecule has 2 nitrogen and oxygen atoms in total. The number of aromatic amines is 1. The van der Waals surface area contributed by atoms with Crippen molar-refractivity contribution in [2.45, 2.75) is 22.9 Å². The predicted molar refractivity (Wildman–Crippen MR) is 81.4 cm³/mol. The normalized spacial score (nSPS) is 12.8. The molecule has 0 bridgehead atoms. The molecule has 0 aliphatic rings. The number of benzene rings is 2. The second kappa shape index (κ2) is 5.31. The van der Waals surface area contributed by atoms with Gasteiger partial charge in [-0.25, -0.2) is 4.39 Å². The summed E-state index contributed by atoms with van der Waals surface area (Å²) in [7, 11) is 0. The van der Waals surface area contributed by atoms with Crippen LogP contribution in [0.4, 0.5) is 4.39 Å². The Kier molecular flexibility index (Phi) is 3.51. The van der Waals surface area contributed by atoms with Crippen molar-refractivity contribution in [3.8, 4) is 0 Å². The smallest absolute Gasteiger partial charge is 0.123 e. The summed E-state index contributed by atoms with van der Waals surface area (Å²) >= 11 is 1.57. The van der Waals surface area contributed by atoms with Crippen LogP contribution in [-0.4, -0.2) is 4.98 Å². The summed E-state index contributed by atoms with van der Waals surface area (Å²) in [5, 5.41) is 2.19. The Hall–Kier alpha value is -1.78. The van der Waals surface area contributed by atoms with Crippen molar-refractivity contribution in [2.75, 3.05) is 0 Å². The van der Waals surface area contributed by atoms with Crippen molar-refractivity contribution in [2.24, 2.45) is 5.73 Å². The molecule has 2 aromatic carbocycles. The summed E-state index contributed by atoms with van der Waals surface area (Å²) in [6.45, 7) is 1.87. The van der Waals surface area contributed by atoms with Crippen molar-refractivity contribution in [1.29, 1.82) is 0 Å². The Morgan fingerprint density at radius 3 is 2.70 bits per heavy atom. The van der Waals surface area contributed by atoms with E-state index in [9.17, 15) is 4.39 Å². The van der Waals surface area contributed by atoms with E-state index in [1.807, 2.05) is 25.1 Å². The van der Waals surface area contributed by atoms with Crippen LogP contribution in [0.15, 0.2) is 58.5 Å². The summed E-state index contributed by atoms with van der Waals surface area (Å²) in [5.74, 6) is -0.252.